The van der Waals surface area contributed by atoms with E-state index in [4.69, 9.17) is 5.73 Å². The van der Waals surface area contributed by atoms with Gasteiger partial charge < -0.3 is 15.2 Å². The van der Waals surface area contributed by atoms with Crippen LogP contribution in [0.2, 0.25) is 0 Å². The fourth-order valence-corrected chi connectivity index (χ4v) is 2.47. The highest BCUT2D eigenvalue weighted by atomic mass is 16.2. The van der Waals surface area contributed by atoms with Gasteiger partial charge in [0.15, 0.2) is 0 Å². The lowest BCUT2D eigenvalue weighted by molar-refractivity contribution is 0.0595. The number of carbonyl (C=O) groups excluding carboxylic acids is 1. The summed E-state index contributed by atoms with van der Waals surface area (Å²) >= 11 is 0. The molecule has 1 aromatic rings. The maximum Gasteiger partial charge on any atom is 0.272 e. The van der Waals surface area contributed by atoms with Gasteiger partial charge in [-0.25, -0.2) is 4.98 Å². The van der Waals surface area contributed by atoms with Crippen molar-refractivity contribution >= 4 is 5.91 Å². The number of likely N-dealkylation sites (tertiary alicyclic amines) is 1. The molecule has 2 rings (SSSR count). The number of piperidine rings is 1. The van der Waals surface area contributed by atoms with Gasteiger partial charge >= 0.3 is 0 Å². The molecule has 1 unspecified atom stereocenters. The van der Waals surface area contributed by atoms with Crippen molar-refractivity contribution in [2.75, 3.05) is 13.1 Å². The van der Waals surface area contributed by atoms with Crippen LogP contribution in [0.5, 0.6) is 0 Å². The summed E-state index contributed by atoms with van der Waals surface area (Å²) in [6.45, 7) is 1.48. The molecule has 5 heteroatoms. The van der Waals surface area contributed by atoms with E-state index in [9.17, 15) is 4.79 Å². The largest absolute Gasteiger partial charge is 0.334 e. The quantitative estimate of drug-likeness (QED) is 0.843. The van der Waals surface area contributed by atoms with Gasteiger partial charge in [0.1, 0.15) is 5.69 Å². The maximum absolute atomic E-state index is 12.4. The summed E-state index contributed by atoms with van der Waals surface area (Å²) in [4.78, 5) is 18.4. The van der Waals surface area contributed by atoms with Crippen LogP contribution in [0, 0.1) is 0 Å². The van der Waals surface area contributed by atoms with Crippen molar-refractivity contribution < 1.29 is 4.79 Å². The zero-order valence-electron chi connectivity index (χ0n) is 10.3. The highest BCUT2D eigenvalue weighted by molar-refractivity contribution is 5.92. The van der Waals surface area contributed by atoms with Crippen LogP contribution in [-0.4, -0.2) is 39.5 Å². The van der Waals surface area contributed by atoms with Crippen LogP contribution in [0.1, 0.15) is 36.2 Å². The number of nitrogens with two attached hydrogens (primary N) is 1. The van der Waals surface area contributed by atoms with Gasteiger partial charge in [-0.2, -0.15) is 0 Å². The number of hydrogen-bond donors (Lipinski definition) is 1. The zero-order valence-corrected chi connectivity index (χ0v) is 10.3. The van der Waals surface area contributed by atoms with Crippen LogP contribution in [-0.2, 0) is 7.05 Å². The van der Waals surface area contributed by atoms with Crippen LogP contribution in [0.4, 0.5) is 0 Å². The summed E-state index contributed by atoms with van der Waals surface area (Å²) < 4.78 is 1.77. The van der Waals surface area contributed by atoms with E-state index in [2.05, 4.69) is 4.98 Å². The third-order valence-corrected chi connectivity index (χ3v) is 3.42. The zero-order chi connectivity index (χ0) is 12.3. The summed E-state index contributed by atoms with van der Waals surface area (Å²) in [7, 11) is 1.85. The molecule has 1 aliphatic rings. The molecule has 1 saturated heterocycles. The fraction of sp³-hybridized carbons (Fsp3) is 0.667. The summed E-state index contributed by atoms with van der Waals surface area (Å²) in [6, 6.07) is 0.302. The number of amides is 1. The number of aryl methyl sites for hydroxylation is 1. The van der Waals surface area contributed by atoms with Gasteiger partial charge in [-0.3, -0.25) is 4.79 Å². The van der Waals surface area contributed by atoms with E-state index in [-0.39, 0.29) is 5.91 Å². The molecule has 17 heavy (non-hydrogen) atoms. The molecule has 1 aliphatic heterocycles. The first-order valence-electron chi connectivity index (χ1n) is 6.21. The molecule has 0 spiro atoms. The van der Waals surface area contributed by atoms with E-state index >= 15 is 0 Å². The van der Waals surface area contributed by atoms with Gasteiger partial charge in [0, 0.05) is 19.6 Å². The molecule has 2 N–H and O–H groups in total. The molecule has 0 aliphatic carbocycles. The number of rotatable bonds is 3. The molecule has 1 aromatic heterocycles. The van der Waals surface area contributed by atoms with Gasteiger partial charge in [-0.1, -0.05) is 0 Å². The molecule has 1 amide bonds. The summed E-state index contributed by atoms with van der Waals surface area (Å²) in [5.41, 5.74) is 6.28. The van der Waals surface area contributed by atoms with Gasteiger partial charge in [-0.15, -0.1) is 0 Å². The highest BCUT2D eigenvalue weighted by Gasteiger charge is 2.28. The summed E-state index contributed by atoms with van der Waals surface area (Å²) in [5, 5.41) is 0. The van der Waals surface area contributed by atoms with Gasteiger partial charge in [0.25, 0.3) is 5.91 Å². The van der Waals surface area contributed by atoms with Gasteiger partial charge in [-0.05, 0) is 32.2 Å². The molecule has 0 aromatic carbocycles. The average molecular weight is 236 g/mol. The van der Waals surface area contributed by atoms with Crippen LogP contribution < -0.4 is 5.73 Å². The van der Waals surface area contributed by atoms with Crippen LogP contribution >= 0.6 is 0 Å². The first kappa shape index (κ1) is 12.1. The number of hydrogen-bond acceptors (Lipinski definition) is 3. The number of carbonyl (C=O) groups is 1. The average Bonchev–Trinajstić information content (AvgIpc) is 2.76. The molecule has 94 valence electrons. The minimum Gasteiger partial charge on any atom is -0.334 e. The number of imidazole rings is 1. The lowest BCUT2D eigenvalue weighted by Crippen LogP contribution is -2.45. The molecule has 1 atom stereocenters. The summed E-state index contributed by atoms with van der Waals surface area (Å²) in [5.74, 6) is 0.0863. The Balaban J connectivity index is 2.14. The van der Waals surface area contributed by atoms with Crippen molar-refractivity contribution in [2.24, 2.45) is 12.8 Å². The molecule has 0 bridgehead atoms. The van der Waals surface area contributed by atoms with E-state index in [0.29, 0.717) is 18.3 Å². The van der Waals surface area contributed by atoms with Gasteiger partial charge in [0.2, 0.25) is 0 Å². The number of aromatic nitrogens is 2. The van der Waals surface area contributed by atoms with Crippen molar-refractivity contribution in [3.63, 3.8) is 0 Å². The summed E-state index contributed by atoms with van der Waals surface area (Å²) in [6.07, 6.45) is 7.54. The fourth-order valence-electron chi connectivity index (χ4n) is 2.47. The highest BCUT2D eigenvalue weighted by Crippen LogP contribution is 2.21. The van der Waals surface area contributed by atoms with Crippen LogP contribution in [0.3, 0.4) is 0 Å². The minimum absolute atomic E-state index is 0.0863. The van der Waals surface area contributed by atoms with Gasteiger partial charge in [0.05, 0.1) is 12.5 Å². The van der Waals surface area contributed by atoms with Crippen LogP contribution in [0.15, 0.2) is 12.5 Å². The second kappa shape index (κ2) is 5.31. The van der Waals surface area contributed by atoms with E-state index in [1.165, 1.54) is 6.42 Å². The predicted octanol–water partition coefficient (Wildman–Crippen LogP) is 0.764. The molecular formula is C12H20N4O. The van der Waals surface area contributed by atoms with Crippen LogP contribution in [0.25, 0.3) is 0 Å². The molecule has 2 heterocycles. The Morgan fingerprint density at radius 3 is 3.06 bits per heavy atom. The standard InChI is InChI=1S/C12H20N4O/c1-15-9-14-8-11(15)12(17)16-7-3-2-4-10(16)5-6-13/h8-10H,2-7,13H2,1H3. The molecular weight excluding hydrogens is 216 g/mol. The Morgan fingerprint density at radius 2 is 2.41 bits per heavy atom. The number of nitrogens with zero attached hydrogens (tertiary/aromatic N) is 3. The third-order valence-electron chi connectivity index (χ3n) is 3.42. The Labute approximate surface area is 102 Å². The van der Waals surface area contributed by atoms with Crippen molar-refractivity contribution in [3.05, 3.63) is 18.2 Å². The Kier molecular flexibility index (Phi) is 3.78. The molecule has 0 saturated carbocycles. The van der Waals surface area contributed by atoms with Crippen molar-refractivity contribution in [2.45, 2.75) is 31.7 Å². The topological polar surface area (TPSA) is 64.2 Å². The van der Waals surface area contributed by atoms with E-state index in [1.54, 1.807) is 17.1 Å². The Bertz CT molecular complexity index is 386. The van der Waals surface area contributed by atoms with E-state index < -0.39 is 0 Å². The Hall–Kier alpha value is -1.36. The maximum atomic E-state index is 12.4. The second-order valence-corrected chi connectivity index (χ2v) is 4.62. The monoisotopic (exact) mass is 236 g/mol. The van der Waals surface area contributed by atoms with Crippen molar-refractivity contribution in [1.29, 1.82) is 0 Å². The molecule has 5 nitrogen and oxygen atoms in total. The second-order valence-electron chi connectivity index (χ2n) is 4.62. The minimum atomic E-state index is 0.0863. The van der Waals surface area contributed by atoms with E-state index in [0.717, 1.165) is 25.8 Å². The lowest BCUT2D eigenvalue weighted by Gasteiger charge is -2.35. The first-order chi connectivity index (χ1) is 8.24. The van der Waals surface area contributed by atoms with Crippen molar-refractivity contribution in [3.8, 4) is 0 Å². The normalized spacial score (nSPS) is 20.6. The molecule has 0 radical (unpaired) electrons. The van der Waals surface area contributed by atoms with E-state index in [1.807, 2.05) is 11.9 Å². The SMILES string of the molecule is Cn1cncc1C(=O)N1CCCCC1CCN. The third kappa shape index (κ3) is 2.49. The Morgan fingerprint density at radius 1 is 1.59 bits per heavy atom. The molecule has 1 fully saturated rings. The predicted molar refractivity (Wildman–Crippen MR) is 65.6 cm³/mol. The van der Waals surface area contributed by atoms with Crippen molar-refractivity contribution in [1.82, 2.24) is 14.5 Å². The smallest absolute Gasteiger partial charge is 0.272 e. The first-order valence-corrected chi connectivity index (χ1v) is 6.21. The lowest BCUT2D eigenvalue weighted by atomic mass is 9.99.